The number of halogens is 1. The van der Waals surface area contributed by atoms with Crippen LogP contribution in [0, 0.1) is 0 Å². The summed E-state index contributed by atoms with van der Waals surface area (Å²) in [4.78, 5) is 14.8. The van der Waals surface area contributed by atoms with Crippen LogP contribution < -0.4 is 10.6 Å². The molecule has 0 saturated carbocycles. The third-order valence-corrected chi connectivity index (χ3v) is 4.11. The largest absolute Gasteiger partial charge is 0.387 e. The first-order valence-electron chi connectivity index (χ1n) is 8.02. The average Bonchev–Trinajstić information content (AvgIpc) is 2.51. The molecule has 0 radical (unpaired) electrons. The van der Waals surface area contributed by atoms with E-state index in [-0.39, 0.29) is 11.9 Å². The van der Waals surface area contributed by atoms with Crippen molar-refractivity contribution in [3.8, 4) is 0 Å². The molecule has 0 aliphatic rings. The molecule has 0 aromatic heterocycles. The second kappa shape index (κ2) is 9.70. The Balaban J connectivity index is 2.52. The summed E-state index contributed by atoms with van der Waals surface area (Å²) in [5, 5.41) is 6.64. The first kappa shape index (κ1) is 18.8. The second-order valence-corrected chi connectivity index (χ2v) is 5.92. The zero-order valence-electron chi connectivity index (χ0n) is 14.1. The molecule has 124 valence electrons. The van der Waals surface area contributed by atoms with Gasteiger partial charge in [0.15, 0.2) is 0 Å². The molecule has 1 aromatic rings. The fourth-order valence-corrected chi connectivity index (χ4v) is 2.63. The minimum Gasteiger partial charge on any atom is -0.387 e. The molecule has 0 heterocycles. The highest BCUT2D eigenvalue weighted by molar-refractivity contribution is 6.31. The van der Waals surface area contributed by atoms with E-state index in [2.05, 4.69) is 29.4 Å². The smallest absolute Gasteiger partial charge is 0.253 e. The molecule has 22 heavy (non-hydrogen) atoms. The molecule has 0 fully saturated rings. The molecule has 1 atom stereocenters. The SMILES string of the molecule is CCN(CC)CCCC(C)NC(=O)c1cc(Cl)ccc1NC. The van der Waals surface area contributed by atoms with Gasteiger partial charge in [0.25, 0.3) is 5.91 Å². The van der Waals surface area contributed by atoms with Crippen molar-refractivity contribution < 1.29 is 4.79 Å². The molecule has 0 saturated heterocycles. The van der Waals surface area contributed by atoms with Gasteiger partial charge in [0.05, 0.1) is 5.56 Å². The van der Waals surface area contributed by atoms with Gasteiger partial charge in [-0.2, -0.15) is 0 Å². The predicted molar refractivity (Wildman–Crippen MR) is 94.9 cm³/mol. The van der Waals surface area contributed by atoms with Crippen LogP contribution in [-0.4, -0.2) is 43.5 Å². The van der Waals surface area contributed by atoms with E-state index in [0.29, 0.717) is 10.6 Å². The van der Waals surface area contributed by atoms with E-state index in [0.717, 1.165) is 38.2 Å². The van der Waals surface area contributed by atoms with Crippen LogP contribution in [0.25, 0.3) is 0 Å². The lowest BCUT2D eigenvalue weighted by atomic mass is 10.1. The molecule has 1 rings (SSSR count). The molecule has 0 bridgehead atoms. The lowest BCUT2D eigenvalue weighted by molar-refractivity contribution is 0.0938. The molecular formula is C17H28ClN3O. The van der Waals surface area contributed by atoms with Gasteiger partial charge >= 0.3 is 0 Å². The fourth-order valence-electron chi connectivity index (χ4n) is 2.46. The summed E-state index contributed by atoms with van der Waals surface area (Å²) in [6, 6.07) is 5.44. The summed E-state index contributed by atoms with van der Waals surface area (Å²) in [6.07, 6.45) is 2.05. The zero-order chi connectivity index (χ0) is 16.5. The number of hydrogen-bond acceptors (Lipinski definition) is 3. The van der Waals surface area contributed by atoms with E-state index in [1.165, 1.54) is 0 Å². The lowest BCUT2D eigenvalue weighted by Crippen LogP contribution is -2.34. The van der Waals surface area contributed by atoms with Gasteiger partial charge in [0.1, 0.15) is 0 Å². The van der Waals surface area contributed by atoms with Crippen molar-refractivity contribution in [3.63, 3.8) is 0 Å². The second-order valence-electron chi connectivity index (χ2n) is 5.48. The molecule has 2 N–H and O–H groups in total. The zero-order valence-corrected chi connectivity index (χ0v) is 14.8. The van der Waals surface area contributed by atoms with Crippen molar-refractivity contribution in [1.29, 1.82) is 0 Å². The standard InChI is InChI=1S/C17H28ClN3O/c1-5-21(6-2)11-7-8-13(3)20-17(22)15-12-14(18)9-10-16(15)19-4/h9-10,12-13,19H,5-8,11H2,1-4H3,(H,20,22). The van der Waals surface area contributed by atoms with Gasteiger partial charge in [-0.15, -0.1) is 0 Å². The number of carbonyl (C=O) groups excluding carboxylic acids is 1. The van der Waals surface area contributed by atoms with Crippen molar-refractivity contribution in [3.05, 3.63) is 28.8 Å². The number of carbonyl (C=O) groups is 1. The maximum atomic E-state index is 12.4. The van der Waals surface area contributed by atoms with Crippen molar-refractivity contribution in [2.75, 3.05) is 32.0 Å². The third-order valence-electron chi connectivity index (χ3n) is 3.88. The molecule has 4 nitrogen and oxygen atoms in total. The van der Waals surface area contributed by atoms with Gasteiger partial charge in [0.2, 0.25) is 0 Å². The van der Waals surface area contributed by atoms with Crippen LogP contribution in [0.1, 0.15) is 44.0 Å². The van der Waals surface area contributed by atoms with Gasteiger partial charge in [-0.1, -0.05) is 25.4 Å². The highest BCUT2D eigenvalue weighted by Crippen LogP contribution is 2.20. The van der Waals surface area contributed by atoms with E-state index < -0.39 is 0 Å². The van der Waals surface area contributed by atoms with Crippen LogP contribution in [0.5, 0.6) is 0 Å². The first-order valence-corrected chi connectivity index (χ1v) is 8.40. The van der Waals surface area contributed by atoms with E-state index >= 15 is 0 Å². The fraction of sp³-hybridized carbons (Fsp3) is 0.588. The average molecular weight is 326 g/mol. The summed E-state index contributed by atoms with van der Waals surface area (Å²) < 4.78 is 0. The Kier molecular flexibility index (Phi) is 8.28. The molecule has 5 heteroatoms. The summed E-state index contributed by atoms with van der Waals surface area (Å²) in [7, 11) is 1.80. The summed E-state index contributed by atoms with van der Waals surface area (Å²) >= 11 is 5.99. The predicted octanol–water partition coefficient (Wildman–Crippen LogP) is 3.62. The van der Waals surface area contributed by atoms with Gasteiger partial charge in [-0.05, 0) is 57.6 Å². The number of anilines is 1. The maximum Gasteiger partial charge on any atom is 0.253 e. The summed E-state index contributed by atoms with van der Waals surface area (Å²) in [5.41, 5.74) is 1.38. The number of hydrogen-bond donors (Lipinski definition) is 2. The normalized spacial score (nSPS) is 12.3. The monoisotopic (exact) mass is 325 g/mol. The molecule has 0 aliphatic carbocycles. The Morgan fingerprint density at radius 1 is 1.32 bits per heavy atom. The Morgan fingerprint density at radius 2 is 2.00 bits per heavy atom. The summed E-state index contributed by atoms with van der Waals surface area (Å²) in [5.74, 6) is -0.0813. The Labute approximate surface area is 139 Å². The summed E-state index contributed by atoms with van der Waals surface area (Å²) in [6.45, 7) is 9.62. The molecule has 0 aliphatic heterocycles. The Bertz CT molecular complexity index is 475. The van der Waals surface area contributed by atoms with Crippen LogP contribution in [0.15, 0.2) is 18.2 Å². The van der Waals surface area contributed by atoms with Crippen LogP contribution >= 0.6 is 11.6 Å². The molecular weight excluding hydrogens is 298 g/mol. The van der Waals surface area contributed by atoms with E-state index in [1.54, 1.807) is 19.2 Å². The highest BCUT2D eigenvalue weighted by atomic mass is 35.5. The third kappa shape index (κ3) is 5.85. The van der Waals surface area contributed by atoms with Gasteiger partial charge in [-0.3, -0.25) is 4.79 Å². The quantitative estimate of drug-likeness (QED) is 0.729. The Hall–Kier alpha value is -1.26. The van der Waals surface area contributed by atoms with Gasteiger partial charge < -0.3 is 15.5 Å². The number of nitrogens with zero attached hydrogens (tertiary/aromatic N) is 1. The number of nitrogens with one attached hydrogen (secondary N) is 2. The molecule has 0 spiro atoms. The van der Waals surface area contributed by atoms with Gasteiger partial charge in [0, 0.05) is 23.8 Å². The minimum atomic E-state index is -0.0813. The van der Waals surface area contributed by atoms with Crippen molar-refractivity contribution in [2.45, 2.75) is 39.7 Å². The maximum absolute atomic E-state index is 12.4. The van der Waals surface area contributed by atoms with Crippen LogP contribution in [-0.2, 0) is 0 Å². The van der Waals surface area contributed by atoms with Crippen LogP contribution in [0.3, 0.4) is 0 Å². The van der Waals surface area contributed by atoms with Crippen molar-refractivity contribution in [2.24, 2.45) is 0 Å². The van der Waals surface area contributed by atoms with Crippen molar-refractivity contribution in [1.82, 2.24) is 10.2 Å². The lowest BCUT2D eigenvalue weighted by Gasteiger charge is -2.20. The molecule has 1 amide bonds. The number of benzene rings is 1. The van der Waals surface area contributed by atoms with Crippen LogP contribution in [0.4, 0.5) is 5.69 Å². The molecule has 1 aromatic carbocycles. The number of amides is 1. The Morgan fingerprint density at radius 3 is 2.59 bits per heavy atom. The van der Waals surface area contributed by atoms with Gasteiger partial charge in [-0.25, -0.2) is 0 Å². The topological polar surface area (TPSA) is 44.4 Å². The van der Waals surface area contributed by atoms with E-state index in [1.807, 2.05) is 13.0 Å². The van der Waals surface area contributed by atoms with E-state index in [9.17, 15) is 4.79 Å². The molecule has 1 unspecified atom stereocenters. The van der Waals surface area contributed by atoms with Crippen LogP contribution in [0.2, 0.25) is 5.02 Å². The van der Waals surface area contributed by atoms with E-state index in [4.69, 9.17) is 11.6 Å². The van der Waals surface area contributed by atoms with Crippen molar-refractivity contribution >= 4 is 23.2 Å². The minimum absolute atomic E-state index is 0.0813. The number of rotatable bonds is 9. The highest BCUT2D eigenvalue weighted by Gasteiger charge is 2.14. The first-order chi connectivity index (χ1) is 10.5.